The Hall–Kier alpha value is -1.65. The van der Waals surface area contributed by atoms with Crippen molar-refractivity contribution in [2.45, 2.75) is 19.9 Å². The lowest BCUT2D eigenvalue weighted by Crippen LogP contribution is -2.02. The van der Waals surface area contributed by atoms with E-state index in [-0.39, 0.29) is 11.7 Å². The van der Waals surface area contributed by atoms with Crippen LogP contribution in [-0.4, -0.2) is 15.0 Å². The molecule has 4 nitrogen and oxygen atoms in total. The number of nitrogen functional groups attached to an aromatic ring is 1. The first-order chi connectivity index (χ1) is 6.59. The van der Waals surface area contributed by atoms with Gasteiger partial charge in [-0.15, -0.1) is 5.10 Å². The van der Waals surface area contributed by atoms with E-state index in [9.17, 15) is 4.39 Å². The predicted molar refractivity (Wildman–Crippen MR) is 52.3 cm³/mol. The highest BCUT2D eigenvalue weighted by Crippen LogP contribution is 2.20. The number of benzene rings is 1. The molecule has 0 fully saturated rings. The second kappa shape index (κ2) is 2.94. The fraction of sp³-hybridized carbons (Fsp3) is 0.333. The smallest absolute Gasteiger partial charge is 0.148 e. The predicted octanol–water partition coefficient (Wildman–Crippen LogP) is 1.73. The summed E-state index contributed by atoms with van der Waals surface area (Å²) in [6.45, 7) is 3.92. The number of anilines is 1. The Morgan fingerprint density at radius 2 is 2.14 bits per heavy atom. The van der Waals surface area contributed by atoms with Gasteiger partial charge in [-0.3, -0.25) is 0 Å². The maximum absolute atomic E-state index is 13.2. The van der Waals surface area contributed by atoms with Crippen LogP contribution in [0.1, 0.15) is 19.9 Å². The Balaban J connectivity index is 2.74. The van der Waals surface area contributed by atoms with Crippen LogP contribution in [0.25, 0.3) is 11.0 Å². The van der Waals surface area contributed by atoms with Crippen LogP contribution in [0.5, 0.6) is 0 Å². The van der Waals surface area contributed by atoms with Gasteiger partial charge in [0.25, 0.3) is 0 Å². The molecule has 0 aliphatic heterocycles. The number of rotatable bonds is 1. The Morgan fingerprint density at radius 3 is 2.79 bits per heavy atom. The van der Waals surface area contributed by atoms with Gasteiger partial charge in [-0.1, -0.05) is 5.21 Å². The summed E-state index contributed by atoms with van der Waals surface area (Å²) in [4.78, 5) is 0. The molecule has 0 aliphatic rings. The van der Waals surface area contributed by atoms with Crippen molar-refractivity contribution in [2.24, 2.45) is 0 Å². The first-order valence-electron chi connectivity index (χ1n) is 4.39. The molecule has 1 aromatic carbocycles. The Labute approximate surface area is 80.5 Å². The molecule has 1 aromatic heterocycles. The monoisotopic (exact) mass is 194 g/mol. The molecular formula is C9H11FN4. The lowest BCUT2D eigenvalue weighted by atomic mass is 10.2. The number of halogens is 1. The van der Waals surface area contributed by atoms with Gasteiger partial charge in [0.2, 0.25) is 0 Å². The van der Waals surface area contributed by atoms with Gasteiger partial charge in [0.15, 0.2) is 0 Å². The third-order valence-corrected chi connectivity index (χ3v) is 2.08. The van der Waals surface area contributed by atoms with E-state index in [1.807, 2.05) is 13.8 Å². The summed E-state index contributed by atoms with van der Waals surface area (Å²) in [5.74, 6) is -0.429. The number of hydrogen-bond donors (Lipinski definition) is 1. The first-order valence-corrected chi connectivity index (χ1v) is 4.39. The SMILES string of the molecule is CC(C)n1nnc2cc(N)c(F)cc21. The zero-order valence-electron chi connectivity index (χ0n) is 8.03. The molecule has 5 heteroatoms. The highest BCUT2D eigenvalue weighted by Gasteiger charge is 2.10. The summed E-state index contributed by atoms with van der Waals surface area (Å²) in [6.07, 6.45) is 0. The zero-order valence-corrected chi connectivity index (χ0v) is 8.03. The van der Waals surface area contributed by atoms with Crippen molar-refractivity contribution in [3.8, 4) is 0 Å². The lowest BCUT2D eigenvalue weighted by Gasteiger charge is -2.05. The van der Waals surface area contributed by atoms with E-state index >= 15 is 0 Å². The number of aromatic nitrogens is 3. The molecule has 0 saturated heterocycles. The normalized spacial score (nSPS) is 11.4. The average Bonchev–Trinajstić information content (AvgIpc) is 2.48. The van der Waals surface area contributed by atoms with Crippen molar-refractivity contribution in [2.75, 3.05) is 5.73 Å². The third kappa shape index (κ3) is 1.21. The van der Waals surface area contributed by atoms with Gasteiger partial charge < -0.3 is 5.73 Å². The second-order valence-corrected chi connectivity index (χ2v) is 3.49. The topological polar surface area (TPSA) is 56.7 Å². The van der Waals surface area contributed by atoms with Gasteiger partial charge in [-0.05, 0) is 19.9 Å². The first kappa shape index (κ1) is 8.93. The van der Waals surface area contributed by atoms with Crippen molar-refractivity contribution >= 4 is 16.7 Å². The summed E-state index contributed by atoms with van der Waals surface area (Å²) in [7, 11) is 0. The molecule has 0 bridgehead atoms. The van der Waals surface area contributed by atoms with E-state index < -0.39 is 5.82 Å². The molecular weight excluding hydrogens is 183 g/mol. The maximum atomic E-state index is 13.2. The molecule has 2 aromatic rings. The van der Waals surface area contributed by atoms with Gasteiger partial charge >= 0.3 is 0 Å². The minimum Gasteiger partial charge on any atom is -0.396 e. The zero-order chi connectivity index (χ0) is 10.3. The second-order valence-electron chi connectivity index (χ2n) is 3.49. The van der Waals surface area contributed by atoms with Crippen LogP contribution in [-0.2, 0) is 0 Å². The van der Waals surface area contributed by atoms with E-state index in [1.54, 1.807) is 4.68 Å². The van der Waals surface area contributed by atoms with Gasteiger partial charge in [-0.25, -0.2) is 9.07 Å². The van der Waals surface area contributed by atoms with Gasteiger partial charge in [-0.2, -0.15) is 0 Å². The van der Waals surface area contributed by atoms with Crippen LogP contribution in [0.4, 0.5) is 10.1 Å². The van der Waals surface area contributed by atoms with Gasteiger partial charge in [0, 0.05) is 12.1 Å². The molecule has 74 valence electrons. The molecule has 0 radical (unpaired) electrons. The van der Waals surface area contributed by atoms with Crippen molar-refractivity contribution in [3.05, 3.63) is 17.9 Å². The number of nitrogens with zero attached hydrogens (tertiary/aromatic N) is 3. The van der Waals surface area contributed by atoms with Crippen LogP contribution < -0.4 is 5.73 Å². The van der Waals surface area contributed by atoms with Gasteiger partial charge in [0.05, 0.1) is 11.2 Å². The molecule has 0 saturated carbocycles. The standard InChI is InChI=1S/C9H11FN4/c1-5(2)14-9-3-6(10)7(11)4-8(9)12-13-14/h3-5H,11H2,1-2H3. The van der Waals surface area contributed by atoms with Crippen LogP contribution in [0, 0.1) is 5.82 Å². The molecule has 0 aliphatic carbocycles. The maximum Gasteiger partial charge on any atom is 0.148 e. The molecule has 14 heavy (non-hydrogen) atoms. The summed E-state index contributed by atoms with van der Waals surface area (Å²) in [5.41, 5.74) is 6.82. The summed E-state index contributed by atoms with van der Waals surface area (Å²) < 4.78 is 14.8. The number of nitrogens with two attached hydrogens (primary N) is 1. The van der Waals surface area contributed by atoms with Gasteiger partial charge in [0.1, 0.15) is 11.3 Å². The number of fused-ring (bicyclic) bond motifs is 1. The molecule has 0 atom stereocenters. The Morgan fingerprint density at radius 1 is 1.43 bits per heavy atom. The molecule has 0 unspecified atom stereocenters. The van der Waals surface area contributed by atoms with Crippen LogP contribution in [0.15, 0.2) is 12.1 Å². The average molecular weight is 194 g/mol. The number of hydrogen-bond acceptors (Lipinski definition) is 3. The van der Waals surface area contributed by atoms with Crippen LogP contribution in [0.3, 0.4) is 0 Å². The van der Waals surface area contributed by atoms with Crippen molar-refractivity contribution in [1.82, 2.24) is 15.0 Å². The lowest BCUT2D eigenvalue weighted by molar-refractivity contribution is 0.529. The quantitative estimate of drug-likeness (QED) is 0.703. The van der Waals surface area contributed by atoms with Crippen molar-refractivity contribution < 1.29 is 4.39 Å². The van der Waals surface area contributed by atoms with Crippen molar-refractivity contribution in [3.63, 3.8) is 0 Å². The van der Waals surface area contributed by atoms with E-state index in [4.69, 9.17) is 5.73 Å². The molecule has 1 heterocycles. The third-order valence-electron chi connectivity index (χ3n) is 2.08. The van der Waals surface area contributed by atoms with Crippen LogP contribution >= 0.6 is 0 Å². The highest BCUT2D eigenvalue weighted by atomic mass is 19.1. The summed E-state index contributed by atoms with van der Waals surface area (Å²) >= 11 is 0. The Kier molecular flexibility index (Phi) is 1.87. The summed E-state index contributed by atoms with van der Waals surface area (Å²) in [5, 5.41) is 7.83. The summed E-state index contributed by atoms with van der Waals surface area (Å²) in [6, 6.07) is 3.02. The Bertz CT molecular complexity index is 475. The molecule has 0 spiro atoms. The van der Waals surface area contributed by atoms with E-state index in [1.165, 1.54) is 12.1 Å². The van der Waals surface area contributed by atoms with E-state index in [0.717, 1.165) is 0 Å². The van der Waals surface area contributed by atoms with Crippen LogP contribution in [0.2, 0.25) is 0 Å². The fourth-order valence-electron chi connectivity index (χ4n) is 1.36. The minimum absolute atomic E-state index is 0.105. The minimum atomic E-state index is -0.429. The fourth-order valence-corrected chi connectivity index (χ4v) is 1.36. The molecule has 2 N–H and O–H groups in total. The van der Waals surface area contributed by atoms with E-state index in [0.29, 0.717) is 11.0 Å². The largest absolute Gasteiger partial charge is 0.396 e. The molecule has 0 amide bonds. The van der Waals surface area contributed by atoms with E-state index in [2.05, 4.69) is 10.3 Å². The van der Waals surface area contributed by atoms with Crippen molar-refractivity contribution in [1.29, 1.82) is 0 Å². The highest BCUT2D eigenvalue weighted by molar-refractivity contribution is 5.78. The molecule has 2 rings (SSSR count).